The van der Waals surface area contributed by atoms with E-state index in [1.807, 2.05) is 32.0 Å². The molecule has 36 heavy (non-hydrogen) atoms. The Bertz CT molecular complexity index is 1260. The first-order valence-corrected chi connectivity index (χ1v) is 12.5. The van der Waals surface area contributed by atoms with Crippen LogP contribution in [0.15, 0.2) is 63.4 Å². The van der Waals surface area contributed by atoms with Crippen LogP contribution in [0.2, 0.25) is 0 Å². The Morgan fingerprint density at radius 1 is 1.03 bits per heavy atom. The van der Waals surface area contributed by atoms with Crippen LogP contribution < -0.4 is 19.7 Å². The van der Waals surface area contributed by atoms with Gasteiger partial charge >= 0.3 is 5.97 Å². The second kappa shape index (κ2) is 10.4. The van der Waals surface area contributed by atoms with Crippen molar-refractivity contribution < 1.29 is 23.8 Å². The number of carbonyl (C=O) groups excluding carboxylic acids is 2. The topological polar surface area (TPSA) is 77.1 Å². The van der Waals surface area contributed by atoms with Gasteiger partial charge in [-0.3, -0.25) is 4.79 Å². The Kier molecular flexibility index (Phi) is 7.45. The van der Waals surface area contributed by atoms with Crippen LogP contribution in [0.5, 0.6) is 11.5 Å². The number of anilines is 1. The van der Waals surface area contributed by atoms with E-state index < -0.39 is 11.9 Å². The molecule has 0 saturated heterocycles. The lowest BCUT2D eigenvalue weighted by Crippen LogP contribution is -2.36. The highest BCUT2D eigenvalue weighted by molar-refractivity contribution is 9.10. The van der Waals surface area contributed by atoms with Gasteiger partial charge in [-0.2, -0.15) is 0 Å². The first kappa shape index (κ1) is 25.8. The number of hydrogen-bond donors (Lipinski definition) is 1. The van der Waals surface area contributed by atoms with Gasteiger partial charge in [-0.1, -0.05) is 28.1 Å². The summed E-state index contributed by atoms with van der Waals surface area (Å²) in [7, 11) is 8.48. The molecule has 1 aliphatic carbocycles. The maximum atomic E-state index is 13.8. The van der Waals surface area contributed by atoms with Gasteiger partial charge in [-0.05, 0) is 54.7 Å². The van der Waals surface area contributed by atoms with Gasteiger partial charge in [-0.15, -0.1) is 0 Å². The Hall–Kier alpha value is -3.26. The van der Waals surface area contributed by atoms with E-state index in [1.165, 1.54) is 7.11 Å². The maximum Gasteiger partial charge on any atom is 0.336 e. The number of dihydropyridines is 1. The third-order valence-electron chi connectivity index (χ3n) is 6.93. The summed E-state index contributed by atoms with van der Waals surface area (Å²) in [5.41, 5.74) is 5.47. The summed E-state index contributed by atoms with van der Waals surface area (Å²) in [5.74, 6) is 0.0287. The van der Waals surface area contributed by atoms with Gasteiger partial charge in [0.1, 0.15) is 0 Å². The lowest BCUT2D eigenvalue weighted by molar-refractivity contribution is -0.136. The molecule has 190 valence electrons. The molecule has 0 spiro atoms. The average molecular weight is 555 g/mol. The fourth-order valence-corrected chi connectivity index (χ4v) is 5.65. The Morgan fingerprint density at radius 2 is 1.67 bits per heavy atom. The molecule has 0 fully saturated rings. The predicted molar refractivity (Wildman–Crippen MR) is 143 cm³/mol. The summed E-state index contributed by atoms with van der Waals surface area (Å²) in [6.45, 7) is 1.84. The van der Waals surface area contributed by atoms with Gasteiger partial charge in [-0.25, -0.2) is 4.79 Å². The zero-order valence-electron chi connectivity index (χ0n) is 21.4. The number of hydrogen-bond acceptors (Lipinski definition) is 7. The van der Waals surface area contributed by atoms with E-state index in [0.717, 1.165) is 22.5 Å². The van der Waals surface area contributed by atoms with E-state index >= 15 is 0 Å². The van der Waals surface area contributed by atoms with Crippen LogP contribution in [0, 0.1) is 0 Å². The number of nitrogens with zero attached hydrogens (tertiary/aromatic N) is 1. The zero-order chi connectivity index (χ0) is 26.1. The number of nitrogens with one attached hydrogen (secondary N) is 1. The van der Waals surface area contributed by atoms with Gasteiger partial charge in [0.05, 0.1) is 26.9 Å². The fraction of sp³-hybridized carbons (Fsp3) is 0.357. The molecule has 0 aromatic heterocycles. The van der Waals surface area contributed by atoms with Crippen molar-refractivity contribution in [2.75, 3.05) is 40.3 Å². The molecule has 0 unspecified atom stereocenters. The highest BCUT2D eigenvalue weighted by Gasteiger charge is 2.42. The van der Waals surface area contributed by atoms with Crippen LogP contribution >= 0.6 is 15.9 Å². The minimum atomic E-state index is -0.604. The molecular formula is C28H31BrN2O5. The number of ether oxygens (including phenoxy) is 3. The molecule has 1 heterocycles. The molecular weight excluding hydrogens is 524 g/mol. The molecule has 4 rings (SSSR count). The molecule has 8 heteroatoms. The molecule has 0 radical (unpaired) electrons. The number of halogens is 1. The number of esters is 1. The number of ketones is 1. The van der Waals surface area contributed by atoms with E-state index in [9.17, 15) is 9.59 Å². The van der Waals surface area contributed by atoms with Crippen molar-refractivity contribution in [3.63, 3.8) is 0 Å². The van der Waals surface area contributed by atoms with E-state index in [-0.39, 0.29) is 11.7 Å². The summed E-state index contributed by atoms with van der Waals surface area (Å²) < 4.78 is 16.8. The highest BCUT2D eigenvalue weighted by Crippen LogP contribution is 2.49. The summed E-state index contributed by atoms with van der Waals surface area (Å²) >= 11 is 3.64. The van der Waals surface area contributed by atoms with Crippen LogP contribution in [0.1, 0.15) is 42.7 Å². The summed E-state index contributed by atoms with van der Waals surface area (Å²) in [6, 6.07) is 11.9. The SMILES string of the molecule is COC(=O)C1=C(C)NC2=C(C(=O)C[C@H](c3ccc(N(C)C)cc3)C2)[C@@H]1c1cc(OC)c(OC)cc1Br. The molecule has 2 atom stereocenters. The van der Waals surface area contributed by atoms with Crippen LogP contribution in [0.3, 0.4) is 0 Å². The number of methoxy groups -OCH3 is 3. The minimum absolute atomic E-state index is 0.00558. The van der Waals surface area contributed by atoms with Gasteiger partial charge in [0, 0.05) is 53.6 Å². The number of benzene rings is 2. The fourth-order valence-electron chi connectivity index (χ4n) is 5.10. The Labute approximate surface area is 220 Å². The number of allylic oxidation sites excluding steroid dienone is 3. The molecule has 7 nitrogen and oxygen atoms in total. The normalized spacial score (nSPS) is 19.5. The van der Waals surface area contributed by atoms with Crippen molar-refractivity contribution in [1.29, 1.82) is 0 Å². The van der Waals surface area contributed by atoms with Gasteiger partial charge < -0.3 is 24.4 Å². The second-order valence-electron chi connectivity index (χ2n) is 9.22. The largest absolute Gasteiger partial charge is 0.493 e. The third-order valence-corrected chi connectivity index (χ3v) is 7.61. The zero-order valence-corrected chi connectivity index (χ0v) is 23.0. The van der Waals surface area contributed by atoms with Crippen molar-refractivity contribution in [3.05, 3.63) is 74.5 Å². The van der Waals surface area contributed by atoms with Crippen molar-refractivity contribution in [3.8, 4) is 11.5 Å². The second-order valence-corrected chi connectivity index (χ2v) is 10.1. The molecule has 1 aliphatic heterocycles. The molecule has 2 aliphatic rings. The average Bonchev–Trinajstić information content (AvgIpc) is 2.87. The first-order chi connectivity index (χ1) is 17.2. The van der Waals surface area contributed by atoms with Gasteiger partial charge in [0.25, 0.3) is 0 Å². The molecule has 0 amide bonds. The monoisotopic (exact) mass is 554 g/mol. The Balaban J connectivity index is 1.82. The van der Waals surface area contributed by atoms with Gasteiger partial charge in [0.2, 0.25) is 0 Å². The summed E-state index contributed by atoms with van der Waals surface area (Å²) in [6.07, 6.45) is 1.02. The molecule has 1 N–H and O–H groups in total. The van der Waals surface area contributed by atoms with E-state index in [0.29, 0.717) is 45.7 Å². The number of Topliss-reactive ketones (excluding diaryl/α,β-unsaturated/α-hetero) is 1. The standard InChI is InChI=1S/C28H31BrN2O5/c1-15-25(28(33)36-6)26(19-13-23(34-4)24(35-5)14-20(19)29)27-21(30-15)11-17(12-22(27)32)16-7-9-18(10-8-16)31(2)3/h7-10,13-14,17,26,30H,11-12H2,1-6H3/t17-,26-/m1/s1. The van der Waals surface area contributed by atoms with Crippen LogP contribution in [-0.2, 0) is 14.3 Å². The molecule has 0 bridgehead atoms. The lowest BCUT2D eigenvalue weighted by Gasteiger charge is -2.37. The van der Waals surface area contributed by atoms with E-state index in [1.54, 1.807) is 20.3 Å². The van der Waals surface area contributed by atoms with E-state index in [2.05, 4.69) is 45.5 Å². The van der Waals surface area contributed by atoms with E-state index in [4.69, 9.17) is 14.2 Å². The van der Waals surface area contributed by atoms with Gasteiger partial charge in [0.15, 0.2) is 17.3 Å². The smallest absolute Gasteiger partial charge is 0.336 e. The van der Waals surface area contributed by atoms with Crippen molar-refractivity contribution in [2.24, 2.45) is 0 Å². The number of carbonyl (C=O) groups is 2. The minimum Gasteiger partial charge on any atom is -0.493 e. The molecule has 0 saturated carbocycles. The summed E-state index contributed by atoms with van der Waals surface area (Å²) in [4.78, 5) is 28.8. The molecule has 2 aromatic carbocycles. The third kappa shape index (κ3) is 4.62. The Morgan fingerprint density at radius 3 is 2.25 bits per heavy atom. The quantitative estimate of drug-likeness (QED) is 0.499. The maximum absolute atomic E-state index is 13.8. The van der Waals surface area contributed by atoms with Crippen molar-refractivity contribution in [1.82, 2.24) is 5.32 Å². The van der Waals surface area contributed by atoms with Crippen LogP contribution in [0.4, 0.5) is 5.69 Å². The lowest BCUT2D eigenvalue weighted by atomic mass is 9.71. The van der Waals surface area contributed by atoms with Crippen LogP contribution in [0.25, 0.3) is 0 Å². The molecule has 2 aromatic rings. The summed E-state index contributed by atoms with van der Waals surface area (Å²) in [5, 5.41) is 3.37. The predicted octanol–water partition coefficient (Wildman–Crippen LogP) is 5.07. The first-order valence-electron chi connectivity index (χ1n) is 11.7. The van der Waals surface area contributed by atoms with Crippen molar-refractivity contribution >= 4 is 33.4 Å². The highest BCUT2D eigenvalue weighted by atomic mass is 79.9. The van der Waals surface area contributed by atoms with Crippen LogP contribution in [-0.4, -0.2) is 47.2 Å². The van der Waals surface area contributed by atoms with Crippen molar-refractivity contribution in [2.45, 2.75) is 31.6 Å². The number of rotatable bonds is 6.